The molecule has 3 rings (SSSR count). The number of aromatic nitrogens is 3. The van der Waals surface area contributed by atoms with Crippen molar-refractivity contribution in [2.75, 3.05) is 0 Å². The van der Waals surface area contributed by atoms with E-state index in [1.807, 2.05) is 30.5 Å². The maximum absolute atomic E-state index is 4.69. The Morgan fingerprint density at radius 3 is 2.63 bits per heavy atom. The zero-order valence-corrected chi connectivity index (χ0v) is 10.8. The Bertz CT molecular complexity index is 657. The standard InChI is InChI=1S/C16H15N3/c1-12-16(14-7-3-2-4-8-14)19-15(18-12)10-13-6-5-9-17-11-13/h2-9,11H,10H2,1H3,(H,18,19). The number of nitrogens with one attached hydrogen (secondary N) is 1. The molecule has 0 spiro atoms. The zero-order chi connectivity index (χ0) is 13.1. The normalized spacial score (nSPS) is 10.6. The minimum Gasteiger partial charge on any atom is -0.345 e. The lowest BCUT2D eigenvalue weighted by molar-refractivity contribution is 1.01. The summed E-state index contributed by atoms with van der Waals surface area (Å²) in [7, 11) is 0. The van der Waals surface area contributed by atoms with Gasteiger partial charge >= 0.3 is 0 Å². The lowest BCUT2D eigenvalue weighted by Crippen LogP contribution is -1.91. The summed E-state index contributed by atoms with van der Waals surface area (Å²) < 4.78 is 0. The summed E-state index contributed by atoms with van der Waals surface area (Å²) in [5.41, 5.74) is 4.44. The van der Waals surface area contributed by atoms with Gasteiger partial charge in [-0.3, -0.25) is 4.98 Å². The molecule has 2 aromatic heterocycles. The lowest BCUT2D eigenvalue weighted by Gasteiger charge is -1.97. The van der Waals surface area contributed by atoms with Gasteiger partial charge in [0, 0.05) is 30.1 Å². The summed E-state index contributed by atoms with van der Waals surface area (Å²) in [6, 6.07) is 14.3. The van der Waals surface area contributed by atoms with Crippen molar-refractivity contribution < 1.29 is 0 Å². The molecule has 0 atom stereocenters. The zero-order valence-electron chi connectivity index (χ0n) is 10.8. The van der Waals surface area contributed by atoms with Crippen molar-refractivity contribution in [3.63, 3.8) is 0 Å². The van der Waals surface area contributed by atoms with Gasteiger partial charge in [0.15, 0.2) is 0 Å². The van der Waals surface area contributed by atoms with Gasteiger partial charge in [-0.25, -0.2) is 4.98 Å². The van der Waals surface area contributed by atoms with Gasteiger partial charge in [-0.1, -0.05) is 36.4 Å². The number of hydrogen-bond donors (Lipinski definition) is 1. The first-order valence-electron chi connectivity index (χ1n) is 6.33. The molecule has 0 bridgehead atoms. The molecule has 0 aliphatic heterocycles. The molecule has 1 aromatic carbocycles. The summed E-state index contributed by atoms with van der Waals surface area (Å²) in [5, 5.41) is 0. The second-order valence-corrected chi connectivity index (χ2v) is 4.56. The van der Waals surface area contributed by atoms with Crippen molar-refractivity contribution >= 4 is 0 Å². The van der Waals surface area contributed by atoms with Crippen molar-refractivity contribution in [1.82, 2.24) is 15.0 Å². The number of nitrogens with zero attached hydrogens (tertiary/aromatic N) is 2. The molecule has 1 N–H and O–H groups in total. The highest BCUT2D eigenvalue weighted by Gasteiger charge is 2.08. The third-order valence-corrected chi connectivity index (χ3v) is 3.08. The lowest BCUT2D eigenvalue weighted by atomic mass is 10.1. The number of hydrogen-bond acceptors (Lipinski definition) is 2. The van der Waals surface area contributed by atoms with Crippen LogP contribution in [0, 0.1) is 6.92 Å². The molecule has 3 aromatic rings. The molecule has 0 amide bonds. The van der Waals surface area contributed by atoms with E-state index in [1.54, 1.807) is 6.20 Å². The first-order chi connectivity index (χ1) is 9.33. The molecule has 19 heavy (non-hydrogen) atoms. The molecule has 0 aliphatic rings. The van der Waals surface area contributed by atoms with E-state index in [4.69, 9.17) is 4.98 Å². The Kier molecular flexibility index (Phi) is 3.11. The number of H-pyrrole nitrogens is 1. The van der Waals surface area contributed by atoms with Crippen molar-refractivity contribution in [2.24, 2.45) is 0 Å². The number of benzene rings is 1. The van der Waals surface area contributed by atoms with Crippen molar-refractivity contribution in [1.29, 1.82) is 0 Å². The summed E-state index contributed by atoms with van der Waals surface area (Å²) in [4.78, 5) is 12.2. The van der Waals surface area contributed by atoms with Gasteiger partial charge in [0.1, 0.15) is 5.82 Å². The Hall–Kier alpha value is -2.42. The number of pyridine rings is 1. The summed E-state index contributed by atoms with van der Waals surface area (Å²) in [6.07, 6.45) is 4.44. The minimum atomic E-state index is 0.779. The maximum atomic E-state index is 4.69. The number of aromatic amines is 1. The minimum absolute atomic E-state index is 0.779. The third kappa shape index (κ3) is 2.55. The molecule has 94 valence electrons. The van der Waals surface area contributed by atoms with E-state index in [-0.39, 0.29) is 0 Å². The Morgan fingerprint density at radius 1 is 1.05 bits per heavy atom. The monoisotopic (exact) mass is 249 g/mol. The van der Waals surface area contributed by atoms with E-state index < -0.39 is 0 Å². The van der Waals surface area contributed by atoms with Gasteiger partial charge in [-0.2, -0.15) is 0 Å². The van der Waals surface area contributed by atoms with Crippen molar-refractivity contribution in [2.45, 2.75) is 13.3 Å². The van der Waals surface area contributed by atoms with Crippen LogP contribution in [0.25, 0.3) is 11.3 Å². The van der Waals surface area contributed by atoms with Gasteiger partial charge in [-0.15, -0.1) is 0 Å². The highest BCUT2D eigenvalue weighted by Crippen LogP contribution is 2.21. The third-order valence-electron chi connectivity index (χ3n) is 3.08. The van der Waals surface area contributed by atoms with Gasteiger partial charge in [0.2, 0.25) is 0 Å². The van der Waals surface area contributed by atoms with E-state index in [0.717, 1.165) is 34.8 Å². The Balaban J connectivity index is 1.90. The number of imidazole rings is 1. The SMILES string of the molecule is Cc1[nH]c(Cc2cccnc2)nc1-c1ccccc1. The second-order valence-electron chi connectivity index (χ2n) is 4.56. The van der Waals surface area contributed by atoms with Crippen LogP contribution in [0.3, 0.4) is 0 Å². The van der Waals surface area contributed by atoms with Crippen LogP contribution < -0.4 is 0 Å². The Labute approximate surface area is 112 Å². The van der Waals surface area contributed by atoms with Crippen LogP contribution in [0.4, 0.5) is 0 Å². The van der Waals surface area contributed by atoms with Crippen LogP contribution in [0.1, 0.15) is 17.1 Å². The first-order valence-corrected chi connectivity index (χ1v) is 6.33. The molecule has 0 saturated heterocycles. The fourth-order valence-corrected chi connectivity index (χ4v) is 2.18. The maximum Gasteiger partial charge on any atom is 0.111 e. The van der Waals surface area contributed by atoms with Crippen LogP contribution in [0.15, 0.2) is 54.9 Å². The predicted octanol–water partition coefficient (Wildman–Crippen LogP) is 3.37. The summed E-state index contributed by atoms with van der Waals surface area (Å²) >= 11 is 0. The molecule has 0 unspecified atom stereocenters. The molecule has 0 saturated carbocycles. The quantitative estimate of drug-likeness (QED) is 0.773. The predicted molar refractivity (Wildman–Crippen MR) is 75.8 cm³/mol. The molecular formula is C16H15N3. The van der Waals surface area contributed by atoms with E-state index in [1.165, 1.54) is 0 Å². The van der Waals surface area contributed by atoms with Crippen molar-refractivity contribution in [3.8, 4) is 11.3 Å². The summed E-state index contributed by atoms with van der Waals surface area (Å²) in [6.45, 7) is 2.06. The van der Waals surface area contributed by atoms with Crippen LogP contribution in [-0.4, -0.2) is 15.0 Å². The van der Waals surface area contributed by atoms with Gasteiger partial charge in [0.25, 0.3) is 0 Å². The average molecular weight is 249 g/mol. The molecule has 0 fully saturated rings. The molecule has 3 heteroatoms. The highest BCUT2D eigenvalue weighted by molar-refractivity contribution is 5.61. The largest absolute Gasteiger partial charge is 0.345 e. The highest BCUT2D eigenvalue weighted by atomic mass is 14.9. The van der Waals surface area contributed by atoms with Crippen molar-refractivity contribution in [3.05, 3.63) is 71.9 Å². The fraction of sp³-hybridized carbons (Fsp3) is 0.125. The van der Waals surface area contributed by atoms with Gasteiger partial charge in [-0.05, 0) is 18.6 Å². The smallest absolute Gasteiger partial charge is 0.111 e. The van der Waals surface area contributed by atoms with Crippen LogP contribution >= 0.6 is 0 Å². The molecule has 3 nitrogen and oxygen atoms in total. The average Bonchev–Trinajstić information content (AvgIpc) is 2.82. The fourth-order valence-electron chi connectivity index (χ4n) is 2.18. The van der Waals surface area contributed by atoms with Gasteiger partial charge < -0.3 is 4.98 Å². The van der Waals surface area contributed by atoms with E-state index in [9.17, 15) is 0 Å². The van der Waals surface area contributed by atoms with E-state index in [2.05, 4.69) is 35.1 Å². The number of rotatable bonds is 3. The molecule has 0 aliphatic carbocycles. The van der Waals surface area contributed by atoms with E-state index >= 15 is 0 Å². The first kappa shape index (κ1) is 11.7. The van der Waals surface area contributed by atoms with Crippen LogP contribution in [0.2, 0.25) is 0 Å². The Morgan fingerprint density at radius 2 is 1.89 bits per heavy atom. The molecular weight excluding hydrogens is 234 g/mol. The second kappa shape index (κ2) is 5.06. The number of aryl methyl sites for hydroxylation is 1. The molecule has 0 radical (unpaired) electrons. The van der Waals surface area contributed by atoms with E-state index in [0.29, 0.717) is 0 Å². The van der Waals surface area contributed by atoms with Gasteiger partial charge in [0.05, 0.1) is 5.69 Å². The summed E-state index contributed by atoms with van der Waals surface area (Å²) in [5.74, 6) is 0.976. The molecule has 2 heterocycles. The topological polar surface area (TPSA) is 41.6 Å². The van der Waals surface area contributed by atoms with Crippen LogP contribution in [0.5, 0.6) is 0 Å². The van der Waals surface area contributed by atoms with Crippen LogP contribution in [-0.2, 0) is 6.42 Å².